The molecule has 0 amide bonds. The van der Waals surface area contributed by atoms with Gasteiger partial charge in [0.25, 0.3) is 0 Å². The molecule has 0 saturated carbocycles. The fourth-order valence-electron chi connectivity index (χ4n) is 1.54. The van der Waals surface area contributed by atoms with Crippen LogP contribution in [-0.2, 0) is 4.74 Å². The summed E-state index contributed by atoms with van der Waals surface area (Å²) in [6.07, 6.45) is 9.03. The second-order valence-electron chi connectivity index (χ2n) is 3.98. The van der Waals surface area contributed by atoms with E-state index in [0.29, 0.717) is 6.61 Å². The molecule has 0 radical (unpaired) electrons. The number of nitriles is 2. The van der Waals surface area contributed by atoms with E-state index in [2.05, 4.69) is 6.92 Å². The van der Waals surface area contributed by atoms with E-state index in [1.54, 1.807) is 12.1 Å². The Morgan fingerprint density at radius 2 is 1.38 bits per heavy atom. The Labute approximate surface area is 99.0 Å². The molecule has 0 atom stereocenters. The van der Waals surface area contributed by atoms with E-state index in [-0.39, 0.29) is 0 Å². The molecular weight excluding hydrogens is 200 g/mol. The van der Waals surface area contributed by atoms with Gasteiger partial charge in [-0.15, -0.1) is 0 Å². The monoisotopic (exact) mass is 222 g/mol. The summed E-state index contributed by atoms with van der Waals surface area (Å²) in [7, 11) is 0. The highest BCUT2D eigenvalue weighted by molar-refractivity contribution is 5.01. The van der Waals surface area contributed by atoms with E-state index in [0.717, 1.165) is 12.8 Å². The van der Waals surface area contributed by atoms with E-state index >= 15 is 0 Å². The van der Waals surface area contributed by atoms with E-state index in [9.17, 15) is 0 Å². The van der Waals surface area contributed by atoms with Crippen LogP contribution in [0.4, 0.5) is 0 Å². The Balaban J connectivity index is 3.11. The lowest BCUT2D eigenvalue weighted by atomic mass is 10.1. The molecule has 0 bridgehead atoms. The molecule has 0 aliphatic carbocycles. The summed E-state index contributed by atoms with van der Waals surface area (Å²) < 4.78 is 5.06. The first kappa shape index (κ1) is 14.9. The zero-order valence-electron chi connectivity index (χ0n) is 10.2. The van der Waals surface area contributed by atoms with Gasteiger partial charge >= 0.3 is 0 Å². The van der Waals surface area contributed by atoms with Crippen molar-refractivity contribution in [3.8, 4) is 12.1 Å². The summed E-state index contributed by atoms with van der Waals surface area (Å²) in [6.45, 7) is 2.75. The Kier molecular flexibility index (Phi) is 11.2. The van der Waals surface area contributed by atoms with Crippen molar-refractivity contribution in [2.45, 2.75) is 64.4 Å². The van der Waals surface area contributed by atoms with E-state index in [1.165, 1.54) is 38.5 Å². The molecule has 0 aliphatic heterocycles. The molecule has 0 spiro atoms. The fraction of sp³-hybridized carbons (Fsp3) is 0.846. The van der Waals surface area contributed by atoms with E-state index in [1.807, 2.05) is 0 Å². The Morgan fingerprint density at radius 1 is 0.875 bits per heavy atom. The highest BCUT2D eigenvalue weighted by atomic mass is 16.5. The molecule has 0 aliphatic rings. The average molecular weight is 222 g/mol. The molecule has 16 heavy (non-hydrogen) atoms. The predicted molar refractivity (Wildman–Crippen MR) is 63.6 cm³/mol. The maximum Gasteiger partial charge on any atom is 0.230 e. The van der Waals surface area contributed by atoms with Gasteiger partial charge in [-0.05, 0) is 6.42 Å². The van der Waals surface area contributed by atoms with Gasteiger partial charge in [0, 0.05) is 6.61 Å². The van der Waals surface area contributed by atoms with Crippen molar-refractivity contribution in [2.75, 3.05) is 6.61 Å². The summed E-state index contributed by atoms with van der Waals surface area (Å²) in [5.74, 6) is 0. The van der Waals surface area contributed by atoms with Gasteiger partial charge in [0.2, 0.25) is 6.10 Å². The zero-order valence-corrected chi connectivity index (χ0v) is 10.2. The number of unbranched alkanes of at least 4 members (excludes halogenated alkanes) is 7. The maximum atomic E-state index is 8.45. The summed E-state index contributed by atoms with van der Waals surface area (Å²) in [4.78, 5) is 0. The van der Waals surface area contributed by atoms with Gasteiger partial charge in [0.1, 0.15) is 12.1 Å². The first-order valence-corrected chi connectivity index (χ1v) is 6.26. The SMILES string of the molecule is CCCCCCCCCCOC(C#N)C#N. The molecule has 3 heteroatoms. The Hall–Kier alpha value is -1.06. The Morgan fingerprint density at radius 3 is 1.88 bits per heavy atom. The lowest BCUT2D eigenvalue weighted by molar-refractivity contribution is 0.120. The predicted octanol–water partition coefficient (Wildman–Crippen LogP) is 3.56. The van der Waals surface area contributed by atoms with Crippen LogP contribution in [0.3, 0.4) is 0 Å². The first-order valence-electron chi connectivity index (χ1n) is 6.26. The van der Waals surface area contributed by atoms with Crippen LogP contribution in [0.25, 0.3) is 0 Å². The van der Waals surface area contributed by atoms with Gasteiger partial charge in [-0.25, -0.2) is 0 Å². The molecule has 0 unspecified atom stereocenters. The van der Waals surface area contributed by atoms with Crippen molar-refractivity contribution >= 4 is 0 Å². The Bertz CT molecular complexity index is 213. The van der Waals surface area contributed by atoms with Crippen LogP contribution in [0.5, 0.6) is 0 Å². The molecule has 3 nitrogen and oxygen atoms in total. The van der Waals surface area contributed by atoms with Crippen molar-refractivity contribution in [3.63, 3.8) is 0 Å². The average Bonchev–Trinajstić information content (AvgIpc) is 2.32. The summed E-state index contributed by atoms with van der Waals surface area (Å²) in [5.41, 5.74) is 0. The van der Waals surface area contributed by atoms with Gasteiger partial charge < -0.3 is 4.74 Å². The fourth-order valence-corrected chi connectivity index (χ4v) is 1.54. The first-order chi connectivity index (χ1) is 7.85. The van der Waals surface area contributed by atoms with E-state index < -0.39 is 6.10 Å². The number of hydrogen-bond acceptors (Lipinski definition) is 3. The van der Waals surface area contributed by atoms with Crippen molar-refractivity contribution < 1.29 is 4.74 Å². The smallest absolute Gasteiger partial charge is 0.230 e. The largest absolute Gasteiger partial charge is 0.350 e. The third-order valence-corrected chi connectivity index (χ3v) is 2.52. The number of nitrogens with zero attached hydrogens (tertiary/aromatic N) is 2. The molecule has 0 aromatic carbocycles. The van der Waals surface area contributed by atoms with Crippen molar-refractivity contribution in [3.05, 3.63) is 0 Å². The standard InChI is InChI=1S/C13H22N2O/c1-2-3-4-5-6-7-8-9-10-16-13(11-14)12-15/h13H,2-10H2,1H3. The van der Waals surface area contributed by atoms with E-state index in [4.69, 9.17) is 15.3 Å². The molecule has 0 fully saturated rings. The van der Waals surface area contributed by atoms with Crippen LogP contribution in [0, 0.1) is 22.7 Å². The molecule has 0 aromatic heterocycles. The molecule has 0 saturated heterocycles. The number of ether oxygens (including phenoxy) is 1. The normalized spacial score (nSPS) is 10.0. The zero-order chi connectivity index (χ0) is 12.1. The topological polar surface area (TPSA) is 56.8 Å². The van der Waals surface area contributed by atoms with Gasteiger partial charge in [-0.1, -0.05) is 51.9 Å². The van der Waals surface area contributed by atoms with Gasteiger partial charge in [0.15, 0.2) is 0 Å². The number of rotatable bonds is 10. The highest BCUT2D eigenvalue weighted by Crippen LogP contribution is 2.08. The van der Waals surface area contributed by atoms with Gasteiger partial charge in [-0.2, -0.15) is 10.5 Å². The summed E-state index contributed by atoms with van der Waals surface area (Å²) >= 11 is 0. The van der Waals surface area contributed by atoms with Crippen LogP contribution in [0.2, 0.25) is 0 Å². The van der Waals surface area contributed by atoms with Crippen LogP contribution in [-0.4, -0.2) is 12.7 Å². The van der Waals surface area contributed by atoms with Gasteiger partial charge in [-0.3, -0.25) is 0 Å². The second kappa shape index (κ2) is 12.0. The van der Waals surface area contributed by atoms with Crippen LogP contribution in [0.1, 0.15) is 58.3 Å². The van der Waals surface area contributed by atoms with Crippen molar-refractivity contribution in [2.24, 2.45) is 0 Å². The minimum atomic E-state index is -0.885. The minimum absolute atomic E-state index is 0.529. The second-order valence-corrected chi connectivity index (χ2v) is 3.98. The summed E-state index contributed by atoms with van der Waals surface area (Å²) in [6, 6.07) is 3.59. The lowest BCUT2D eigenvalue weighted by Gasteiger charge is -2.03. The third-order valence-electron chi connectivity index (χ3n) is 2.52. The molecule has 90 valence electrons. The van der Waals surface area contributed by atoms with Crippen LogP contribution < -0.4 is 0 Å². The maximum absolute atomic E-state index is 8.45. The minimum Gasteiger partial charge on any atom is -0.350 e. The molecule has 0 aromatic rings. The van der Waals surface area contributed by atoms with Crippen molar-refractivity contribution in [1.29, 1.82) is 10.5 Å². The molecule has 0 rings (SSSR count). The molecular formula is C13H22N2O. The molecule has 0 heterocycles. The third kappa shape index (κ3) is 9.49. The molecule has 0 N–H and O–H groups in total. The lowest BCUT2D eigenvalue weighted by Crippen LogP contribution is -2.08. The number of hydrogen-bond donors (Lipinski definition) is 0. The quantitative estimate of drug-likeness (QED) is 0.531. The van der Waals surface area contributed by atoms with Crippen molar-refractivity contribution in [1.82, 2.24) is 0 Å². The summed E-state index contributed by atoms with van der Waals surface area (Å²) in [5, 5.41) is 16.9. The van der Waals surface area contributed by atoms with Crippen LogP contribution in [0.15, 0.2) is 0 Å². The van der Waals surface area contributed by atoms with Crippen LogP contribution >= 0.6 is 0 Å². The highest BCUT2D eigenvalue weighted by Gasteiger charge is 2.03. The van der Waals surface area contributed by atoms with Gasteiger partial charge in [0.05, 0.1) is 0 Å².